The molecule has 0 atom stereocenters. The van der Waals surface area contributed by atoms with Crippen molar-refractivity contribution < 1.29 is 4.79 Å². The molecule has 0 radical (unpaired) electrons. The zero-order chi connectivity index (χ0) is 10.6. The highest BCUT2D eigenvalue weighted by Gasteiger charge is 2.05. The van der Waals surface area contributed by atoms with Gasteiger partial charge in [0.05, 0.1) is 0 Å². The molecule has 1 rings (SSSR count). The van der Waals surface area contributed by atoms with Crippen molar-refractivity contribution in [2.24, 2.45) is 5.92 Å². The van der Waals surface area contributed by atoms with Crippen LogP contribution in [0.25, 0.3) is 0 Å². The summed E-state index contributed by atoms with van der Waals surface area (Å²) in [5.74, 6) is 0.137. The first kappa shape index (κ1) is 11.2. The summed E-state index contributed by atoms with van der Waals surface area (Å²) in [5.41, 5.74) is 1.11. The number of carbonyl (C=O) groups excluding carboxylic acids is 1. The van der Waals surface area contributed by atoms with Gasteiger partial charge in [-0.25, -0.2) is 0 Å². The van der Waals surface area contributed by atoms with Crippen molar-refractivity contribution in [1.82, 2.24) is 5.32 Å². The van der Waals surface area contributed by atoms with Crippen molar-refractivity contribution in [1.29, 1.82) is 0 Å². The fourth-order valence-electron chi connectivity index (χ4n) is 0.996. The molecule has 0 aromatic heterocycles. The molecule has 0 heterocycles. The molecule has 1 amide bonds. The molecule has 14 heavy (non-hydrogen) atoms. The van der Waals surface area contributed by atoms with Crippen LogP contribution in [0.15, 0.2) is 28.7 Å². The average Bonchev–Trinajstić information content (AvgIpc) is 2.16. The topological polar surface area (TPSA) is 29.1 Å². The molecule has 1 N–H and O–H groups in total. The molecule has 0 aliphatic rings. The average molecular weight is 256 g/mol. The molecule has 3 heteroatoms. The largest absolute Gasteiger partial charge is 0.352 e. The number of amides is 1. The van der Waals surface area contributed by atoms with Crippen LogP contribution in [0.4, 0.5) is 0 Å². The molecule has 0 fully saturated rings. The maximum atomic E-state index is 11.3. The van der Waals surface area contributed by atoms with Crippen molar-refractivity contribution in [2.75, 3.05) is 0 Å². The molecule has 0 saturated heterocycles. The SMILES string of the molecule is CC(C)C(=O)NCc1ccc(Br)cc1. The number of rotatable bonds is 3. The van der Waals surface area contributed by atoms with Gasteiger partial charge in [-0.1, -0.05) is 41.9 Å². The molecule has 0 aliphatic heterocycles. The molecular weight excluding hydrogens is 242 g/mol. The quantitative estimate of drug-likeness (QED) is 0.885. The summed E-state index contributed by atoms with van der Waals surface area (Å²) >= 11 is 3.36. The summed E-state index contributed by atoms with van der Waals surface area (Å²) in [6, 6.07) is 7.92. The maximum Gasteiger partial charge on any atom is 0.222 e. The lowest BCUT2D eigenvalue weighted by Crippen LogP contribution is -2.26. The van der Waals surface area contributed by atoms with E-state index in [1.807, 2.05) is 38.1 Å². The van der Waals surface area contributed by atoms with Crippen LogP contribution in [0.3, 0.4) is 0 Å². The number of benzene rings is 1. The van der Waals surface area contributed by atoms with Gasteiger partial charge >= 0.3 is 0 Å². The fraction of sp³-hybridized carbons (Fsp3) is 0.364. The molecule has 1 aromatic carbocycles. The van der Waals surface area contributed by atoms with E-state index in [1.54, 1.807) is 0 Å². The smallest absolute Gasteiger partial charge is 0.222 e. The standard InChI is InChI=1S/C11H14BrNO/c1-8(2)11(14)13-7-9-3-5-10(12)6-4-9/h3-6,8H,7H2,1-2H3,(H,13,14). The minimum Gasteiger partial charge on any atom is -0.352 e. The third kappa shape index (κ3) is 3.50. The van der Waals surface area contributed by atoms with Crippen LogP contribution in [0.1, 0.15) is 19.4 Å². The van der Waals surface area contributed by atoms with Crippen molar-refractivity contribution in [3.63, 3.8) is 0 Å². The first-order chi connectivity index (χ1) is 6.59. The van der Waals surface area contributed by atoms with E-state index in [0.29, 0.717) is 6.54 Å². The lowest BCUT2D eigenvalue weighted by Gasteiger charge is -2.07. The number of nitrogens with one attached hydrogen (secondary N) is 1. The minimum absolute atomic E-state index is 0.0467. The Morgan fingerprint density at radius 2 is 1.93 bits per heavy atom. The molecule has 76 valence electrons. The summed E-state index contributed by atoms with van der Waals surface area (Å²) in [4.78, 5) is 11.3. The van der Waals surface area contributed by atoms with Gasteiger partial charge in [0.15, 0.2) is 0 Å². The highest BCUT2D eigenvalue weighted by molar-refractivity contribution is 9.10. The van der Waals surface area contributed by atoms with Gasteiger partial charge in [0, 0.05) is 16.9 Å². The van der Waals surface area contributed by atoms with E-state index >= 15 is 0 Å². The van der Waals surface area contributed by atoms with E-state index in [0.717, 1.165) is 10.0 Å². The summed E-state index contributed by atoms with van der Waals surface area (Å²) in [5, 5.41) is 2.86. The Labute approximate surface area is 92.8 Å². The second kappa shape index (κ2) is 5.15. The summed E-state index contributed by atoms with van der Waals surface area (Å²) < 4.78 is 1.05. The van der Waals surface area contributed by atoms with Gasteiger partial charge in [-0.3, -0.25) is 4.79 Å². The second-order valence-corrected chi connectivity index (χ2v) is 4.41. The van der Waals surface area contributed by atoms with Crippen LogP contribution in [0.5, 0.6) is 0 Å². The highest BCUT2D eigenvalue weighted by Crippen LogP contribution is 2.10. The Morgan fingerprint density at radius 3 is 2.43 bits per heavy atom. The van der Waals surface area contributed by atoms with Gasteiger partial charge in [-0.2, -0.15) is 0 Å². The number of hydrogen-bond acceptors (Lipinski definition) is 1. The van der Waals surface area contributed by atoms with Gasteiger partial charge in [-0.05, 0) is 17.7 Å². The van der Waals surface area contributed by atoms with Crippen molar-refractivity contribution in [2.45, 2.75) is 20.4 Å². The van der Waals surface area contributed by atoms with E-state index in [-0.39, 0.29) is 11.8 Å². The zero-order valence-corrected chi connectivity index (χ0v) is 9.97. The first-order valence-electron chi connectivity index (χ1n) is 4.61. The van der Waals surface area contributed by atoms with Crippen LogP contribution in [0.2, 0.25) is 0 Å². The monoisotopic (exact) mass is 255 g/mol. The van der Waals surface area contributed by atoms with E-state index in [9.17, 15) is 4.79 Å². The number of halogens is 1. The molecule has 2 nitrogen and oxygen atoms in total. The summed E-state index contributed by atoms with van der Waals surface area (Å²) in [7, 11) is 0. The zero-order valence-electron chi connectivity index (χ0n) is 8.38. The predicted molar refractivity (Wildman–Crippen MR) is 60.8 cm³/mol. The van der Waals surface area contributed by atoms with Crippen LogP contribution >= 0.6 is 15.9 Å². The van der Waals surface area contributed by atoms with Gasteiger partial charge in [0.25, 0.3) is 0 Å². The number of carbonyl (C=O) groups is 1. The normalized spacial score (nSPS) is 10.3. The highest BCUT2D eigenvalue weighted by atomic mass is 79.9. The molecule has 0 bridgehead atoms. The molecule has 0 saturated carbocycles. The third-order valence-electron chi connectivity index (χ3n) is 1.90. The minimum atomic E-state index is 0.0467. The second-order valence-electron chi connectivity index (χ2n) is 3.50. The van der Waals surface area contributed by atoms with Crippen LogP contribution < -0.4 is 5.32 Å². The molecule has 0 aliphatic carbocycles. The molecule has 0 spiro atoms. The Kier molecular flexibility index (Phi) is 4.14. The van der Waals surface area contributed by atoms with Crippen molar-refractivity contribution in [3.05, 3.63) is 34.3 Å². The number of hydrogen-bond donors (Lipinski definition) is 1. The molecule has 0 unspecified atom stereocenters. The van der Waals surface area contributed by atoms with Gasteiger partial charge < -0.3 is 5.32 Å². The van der Waals surface area contributed by atoms with Gasteiger partial charge in [0.2, 0.25) is 5.91 Å². The van der Waals surface area contributed by atoms with Gasteiger partial charge in [-0.15, -0.1) is 0 Å². The lowest BCUT2D eigenvalue weighted by atomic mass is 10.2. The predicted octanol–water partition coefficient (Wildman–Crippen LogP) is 2.72. The Bertz CT molecular complexity index is 306. The Morgan fingerprint density at radius 1 is 1.36 bits per heavy atom. The van der Waals surface area contributed by atoms with E-state index in [1.165, 1.54) is 0 Å². The molecular formula is C11H14BrNO. The maximum absolute atomic E-state index is 11.3. The fourth-order valence-corrected chi connectivity index (χ4v) is 1.26. The Balaban J connectivity index is 2.46. The van der Waals surface area contributed by atoms with Crippen LogP contribution in [0, 0.1) is 5.92 Å². The van der Waals surface area contributed by atoms with Crippen LogP contribution in [-0.4, -0.2) is 5.91 Å². The van der Waals surface area contributed by atoms with Gasteiger partial charge in [0.1, 0.15) is 0 Å². The first-order valence-corrected chi connectivity index (χ1v) is 5.41. The summed E-state index contributed by atoms with van der Waals surface area (Å²) in [6.45, 7) is 4.37. The van der Waals surface area contributed by atoms with Crippen LogP contribution in [-0.2, 0) is 11.3 Å². The van der Waals surface area contributed by atoms with E-state index in [4.69, 9.17) is 0 Å². The van der Waals surface area contributed by atoms with Crippen molar-refractivity contribution >= 4 is 21.8 Å². The Hall–Kier alpha value is -0.830. The third-order valence-corrected chi connectivity index (χ3v) is 2.43. The molecule has 1 aromatic rings. The summed E-state index contributed by atoms with van der Waals surface area (Å²) in [6.07, 6.45) is 0. The van der Waals surface area contributed by atoms with E-state index < -0.39 is 0 Å². The van der Waals surface area contributed by atoms with Crippen molar-refractivity contribution in [3.8, 4) is 0 Å². The lowest BCUT2D eigenvalue weighted by molar-refractivity contribution is -0.124. The van der Waals surface area contributed by atoms with E-state index in [2.05, 4.69) is 21.2 Å².